The van der Waals surface area contributed by atoms with Gasteiger partial charge in [0, 0.05) is 36.8 Å². The van der Waals surface area contributed by atoms with Crippen molar-refractivity contribution >= 4 is 22.8 Å². The van der Waals surface area contributed by atoms with Crippen molar-refractivity contribution in [3.63, 3.8) is 0 Å². The summed E-state index contributed by atoms with van der Waals surface area (Å²) in [6.45, 7) is 4.09. The Morgan fingerprint density at radius 2 is 1.96 bits per heavy atom. The van der Waals surface area contributed by atoms with Crippen LogP contribution in [-0.4, -0.2) is 45.0 Å². The average Bonchev–Trinajstić information content (AvgIpc) is 3.09. The first-order valence-corrected chi connectivity index (χ1v) is 10.6. The molecule has 142 valence electrons. The predicted octanol–water partition coefficient (Wildman–Crippen LogP) is 3.09. The number of ether oxygens (including phenoxy) is 1. The third kappa shape index (κ3) is 2.78. The van der Waals surface area contributed by atoms with Gasteiger partial charge in [-0.05, 0) is 41.9 Å². The molecule has 1 saturated heterocycles. The van der Waals surface area contributed by atoms with Gasteiger partial charge in [0.05, 0.1) is 30.0 Å². The molecule has 2 aromatic heterocycles. The normalized spacial score (nSPS) is 18.0. The Hall–Kier alpha value is -2.48. The van der Waals surface area contributed by atoms with Crippen LogP contribution in [0.25, 0.3) is 11.3 Å². The molecule has 0 bridgehead atoms. The molecule has 28 heavy (non-hydrogen) atoms. The molecule has 2 aliphatic rings. The van der Waals surface area contributed by atoms with Gasteiger partial charge in [0.15, 0.2) is 4.90 Å². The van der Waals surface area contributed by atoms with E-state index >= 15 is 0 Å². The van der Waals surface area contributed by atoms with Gasteiger partial charge in [0.25, 0.3) is 0 Å². The molecule has 0 saturated carbocycles. The SMILES string of the molecule is CC[S+]([O-])c1ccc2c(c1)N(c1ncc(-c3ccccn3)cn1)CC21COC1. The van der Waals surface area contributed by atoms with Gasteiger partial charge in [-0.1, -0.05) is 12.1 Å². The van der Waals surface area contributed by atoms with Crippen LogP contribution in [0.1, 0.15) is 12.5 Å². The Morgan fingerprint density at radius 3 is 2.61 bits per heavy atom. The number of fused-ring (bicyclic) bond motifs is 2. The van der Waals surface area contributed by atoms with Gasteiger partial charge in [0.1, 0.15) is 5.75 Å². The fourth-order valence-corrected chi connectivity index (χ4v) is 4.66. The zero-order chi connectivity index (χ0) is 19.1. The lowest BCUT2D eigenvalue weighted by molar-refractivity contribution is -0.0507. The molecule has 1 unspecified atom stereocenters. The fourth-order valence-electron chi connectivity index (χ4n) is 3.86. The molecule has 1 fully saturated rings. The van der Waals surface area contributed by atoms with Crippen LogP contribution in [0.4, 0.5) is 11.6 Å². The minimum absolute atomic E-state index is 0.0232. The summed E-state index contributed by atoms with van der Waals surface area (Å²) in [6, 6.07) is 11.9. The topological polar surface area (TPSA) is 74.2 Å². The van der Waals surface area contributed by atoms with E-state index in [1.165, 1.54) is 5.56 Å². The van der Waals surface area contributed by atoms with Gasteiger partial charge in [-0.25, -0.2) is 9.97 Å². The van der Waals surface area contributed by atoms with E-state index < -0.39 is 11.2 Å². The highest BCUT2D eigenvalue weighted by molar-refractivity contribution is 7.91. The van der Waals surface area contributed by atoms with E-state index in [0.717, 1.165) is 28.4 Å². The lowest BCUT2D eigenvalue weighted by atomic mass is 9.81. The van der Waals surface area contributed by atoms with Crippen molar-refractivity contribution in [1.29, 1.82) is 0 Å². The molecule has 1 aromatic carbocycles. The maximum Gasteiger partial charge on any atom is 0.229 e. The number of pyridine rings is 1. The second kappa shape index (κ2) is 6.84. The van der Waals surface area contributed by atoms with E-state index in [4.69, 9.17) is 4.74 Å². The average molecular weight is 392 g/mol. The van der Waals surface area contributed by atoms with Gasteiger partial charge in [-0.2, -0.15) is 0 Å². The van der Waals surface area contributed by atoms with Crippen LogP contribution in [0.5, 0.6) is 0 Å². The molecule has 1 atom stereocenters. The molecule has 0 amide bonds. The Kier molecular flexibility index (Phi) is 4.30. The highest BCUT2D eigenvalue weighted by atomic mass is 32.2. The van der Waals surface area contributed by atoms with E-state index in [-0.39, 0.29) is 5.41 Å². The zero-order valence-electron chi connectivity index (χ0n) is 15.5. The number of hydrogen-bond donors (Lipinski definition) is 0. The highest BCUT2D eigenvalue weighted by Crippen LogP contribution is 2.48. The first kappa shape index (κ1) is 17.6. The number of hydrogen-bond acceptors (Lipinski definition) is 6. The van der Waals surface area contributed by atoms with Crippen molar-refractivity contribution < 1.29 is 9.29 Å². The smallest absolute Gasteiger partial charge is 0.229 e. The van der Waals surface area contributed by atoms with Gasteiger partial charge in [0.2, 0.25) is 5.95 Å². The van der Waals surface area contributed by atoms with Gasteiger partial charge >= 0.3 is 0 Å². The second-order valence-electron chi connectivity index (χ2n) is 7.16. The van der Waals surface area contributed by atoms with Crippen LogP contribution < -0.4 is 4.90 Å². The maximum atomic E-state index is 12.3. The lowest BCUT2D eigenvalue weighted by Gasteiger charge is -2.38. The van der Waals surface area contributed by atoms with Crippen molar-refractivity contribution in [3.05, 3.63) is 60.6 Å². The number of benzene rings is 1. The van der Waals surface area contributed by atoms with Gasteiger partial charge in [-0.3, -0.25) is 4.98 Å². The van der Waals surface area contributed by atoms with Crippen LogP contribution in [0, 0.1) is 0 Å². The third-order valence-electron chi connectivity index (χ3n) is 5.41. The second-order valence-corrected chi connectivity index (χ2v) is 8.90. The number of rotatable bonds is 4. The Bertz CT molecular complexity index is 993. The number of anilines is 2. The number of nitrogens with zero attached hydrogens (tertiary/aromatic N) is 4. The predicted molar refractivity (Wildman–Crippen MR) is 108 cm³/mol. The van der Waals surface area contributed by atoms with Crippen molar-refractivity contribution in [2.45, 2.75) is 17.2 Å². The quantitative estimate of drug-likeness (QED) is 0.635. The molecule has 1 spiro atoms. The van der Waals surface area contributed by atoms with Crippen LogP contribution in [0.3, 0.4) is 0 Å². The summed E-state index contributed by atoms with van der Waals surface area (Å²) >= 11 is -0.998. The summed E-state index contributed by atoms with van der Waals surface area (Å²) in [5.41, 5.74) is 3.97. The lowest BCUT2D eigenvalue weighted by Crippen LogP contribution is -2.49. The van der Waals surface area contributed by atoms with Crippen LogP contribution >= 0.6 is 0 Å². The molecule has 4 heterocycles. The molecular formula is C21H20N4O2S. The summed E-state index contributed by atoms with van der Waals surface area (Å²) in [5, 5.41) is 0. The monoisotopic (exact) mass is 392 g/mol. The van der Waals surface area contributed by atoms with E-state index in [1.807, 2.05) is 37.3 Å². The van der Waals surface area contributed by atoms with Crippen LogP contribution in [-0.2, 0) is 21.3 Å². The van der Waals surface area contributed by atoms with E-state index in [1.54, 1.807) is 18.6 Å². The molecule has 3 aromatic rings. The Morgan fingerprint density at radius 1 is 1.14 bits per heavy atom. The van der Waals surface area contributed by atoms with Crippen molar-refractivity contribution in [2.75, 3.05) is 30.4 Å². The van der Waals surface area contributed by atoms with E-state index in [0.29, 0.717) is 24.9 Å². The summed E-state index contributed by atoms with van der Waals surface area (Å²) in [7, 11) is 0. The van der Waals surface area contributed by atoms with Crippen molar-refractivity contribution in [2.24, 2.45) is 0 Å². The molecular weight excluding hydrogens is 372 g/mol. The van der Waals surface area contributed by atoms with Gasteiger partial charge < -0.3 is 14.2 Å². The van der Waals surface area contributed by atoms with Gasteiger partial charge in [-0.15, -0.1) is 0 Å². The third-order valence-corrected chi connectivity index (χ3v) is 6.72. The molecule has 7 heteroatoms. The first-order chi connectivity index (χ1) is 13.7. The summed E-state index contributed by atoms with van der Waals surface area (Å²) in [5.74, 6) is 1.24. The first-order valence-electron chi connectivity index (χ1n) is 9.32. The molecule has 0 N–H and O–H groups in total. The zero-order valence-corrected chi connectivity index (χ0v) is 16.4. The number of aromatic nitrogens is 3. The molecule has 5 rings (SSSR count). The maximum absolute atomic E-state index is 12.3. The standard InChI is InChI=1S/C21H20N4O2S/c1-2-28(26)16-6-7-17-19(9-16)25(12-21(17)13-27-14-21)20-23-10-15(11-24-20)18-5-3-4-8-22-18/h3-11H,2,12-14H2,1H3. The Balaban J connectivity index is 1.52. The molecule has 0 radical (unpaired) electrons. The summed E-state index contributed by atoms with van der Waals surface area (Å²) in [4.78, 5) is 16.5. The van der Waals surface area contributed by atoms with Crippen LogP contribution in [0.2, 0.25) is 0 Å². The molecule has 6 nitrogen and oxygen atoms in total. The molecule has 0 aliphatic carbocycles. The summed E-state index contributed by atoms with van der Waals surface area (Å²) in [6.07, 6.45) is 5.37. The molecule has 2 aliphatic heterocycles. The van der Waals surface area contributed by atoms with Crippen LogP contribution in [0.15, 0.2) is 59.9 Å². The summed E-state index contributed by atoms with van der Waals surface area (Å²) < 4.78 is 17.9. The largest absolute Gasteiger partial charge is 0.611 e. The Labute approximate surface area is 166 Å². The minimum Gasteiger partial charge on any atom is -0.611 e. The van der Waals surface area contributed by atoms with Crippen molar-refractivity contribution in [1.82, 2.24) is 15.0 Å². The van der Waals surface area contributed by atoms with Crippen molar-refractivity contribution in [3.8, 4) is 11.3 Å². The van der Waals surface area contributed by atoms with E-state index in [9.17, 15) is 4.55 Å². The van der Waals surface area contributed by atoms with E-state index in [2.05, 4.69) is 25.9 Å². The minimum atomic E-state index is -0.998. The fraction of sp³-hybridized carbons (Fsp3) is 0.286. The highest BCUT2D eigenvalue weighted by Gasteiger charge is 2.49.